The maximum Gasteiger partial charge on any atom is 0.348 e. The molecule has 0 aliphatic rings. The largest absolute Gasteiger partial charge is 0.451 e. The Labute approximate surface area is 166 Å². The number of benzene rings is 2. The molecule has 29 heavy (non-hydrogen) atoms. The fourth-order valence-electron chi connectivity index (χ4n) is 2.35. The lowest BCUT2D eigenvalue weighted by molar-refractivity contribution is -0.387. The van der Waals surface area contributed by atoms with Crippen LogP contribution < -0.4 is 5.32 Å². The third-order valence-electron chi connectivity index (χ3n) is 3.70. The number of nitro benzene ring substituents is 1. The average Bonchev–Trinajstić information content (AvgIpc) is 3.18. The average molecular weight is 418 g/mol. The number of nitro groups is 1. The molecule has 0 spiro atoms. The van der Waals surface area contributed by atoms with E-state index in [2.05, 4.69) is 5.32 Å². The van der Waals surface area contributed by atoms with Crippen LogP contribution in [-0.4, -0.2) is 23.4 Å². The first-order chi connectivity index (χ1) is 13.8. The van der Waals surface area contributed by atoms with Crippen LogP contribution in [0.2, 0.25) is 0 Å². The molecule has 0 fully saturated rings. The van der Waals surface area contributed by atoms with E-state index in [0.717, 1.165) is 40.0 Å². The summed E-state index contributed by atoms with van der Waals surface area (Å²) < 4.78 is 31.2. The Balaban J connectivity index is 1.58. The van der Waals surface area contributed by atoms with Crippen molar-refractivity contribution in [3.05, 3.63) is 81.2 Å². The van der Waals surface area contributed by atoms with Gasteiger partial charge in [-0.3, -0.25) is 14.9 Å². The lowest BCUT2D eigenvalue weighted by Crippen LogP contribution is -2.20. The summed E-state index contributed by atoms with van der Waals surface area (Å²) in [6, 6.07) is 11.8. The maximum absolute atomic E-state index is 13.3. The van der Waals surface area contributed by atoms with Crippen LogP contribution in [0, 0.1) is 21.7 Å². The first kappa shape index (κ1) is 20.1. The predicted molar refractivity (Wildman–Crippen MR) is 102 cm³/mol. The van der Waals surface area contributed by atoms with Gasteiger partial charge in [-0.1, -0.05) is 12.1 Å². The SMILES string of the molecule is O=C(COC(=O)c1ccc(-c2ccc(F)cc2)s1)Nc1ccc(F)c([N+](=O)[O-])c1. The van der Waals surface area contributed by atoms with E-state index in [1.165, 1.54) is 18.2 Å². The van der Waals surface area contributed by atoms with Gasteiger partial charge in [-0.05, 0) is 42.0 Å². The van der Waals surface area contributed by atoms with Crippen molar-refractivity contribution in [2.45, 2.75) is 0 Å². The predicted octanol–water partition coefficient (Wildman–Crippen LogP) is 4.40. The summed E-state index contributed by atoms with van der Waals surface area (Å²) in [5.41, 5.74) is -0.0633. The number of amides is 1. The molecule has 0 radical (unpaired) electrons. The summed E-state index contributed by atoms with van der Waals surface area (Å²) >= 11 is 1.12. The topological polar surface area (TPSA) is 98.5 Å². The number of ether oxygens (including phenoxy) is 1. The van der Waals surface area contributed by atoms with Crippen molar-refractivity contribution < 1.29 is 28.0 Å². The fraction of sp³-hybridized carbons (Fsp3) is 0.0526. The normalized spacial score (nSPS) is 10.4. The fourth-order valence-corrected chi connectivity index (χ4v) is 3.25. The second-order valence-electron chi connectivity index (χ2n) is 5.72. The molecular formula is C19H12F2N2O5S. The van der Waals surface area contributed by atoms with Gasteiger partial charge in [0.05, 0.1) is 4.92 Å². The minimum absolute atomic E-state index is 0.00568. The minimum atomic E-state index is -1.03. The molecule has 3 aromatic rings. The summed E-state index contributed by atoms with van der Waals surface area (Å²) in [5, 5.41) is 13.0. The molecule has 1 N–H and O–H groups in total. The third-order valence-corrected chi connectivity index (χ3v) is 4.81. The number of hydrogen-bond donors (Lipinski definition) is 1. The molecule has 1 heterocycles. The zero-order valence-electron chi connectivity index (χ0n) is 14.6. The Morgan fingerprint density at radius 3 is 2.48 bits per heavy atom. The number of hydrogen-bond acceptors (Lipinski definition) is 6. The number of carbonyl (C=O) groups excluding carboxylic acids is 2. The summed E-state index contributed by atoms with van der Waals surface area (Å²) in [4.78, 5) is 34.8. The number of nitrogens with zero attached hydrogens (tertiary/aromatic N) is 1. The summed E-state index contributed by atoms with van der Waals surface area (Å²) in [5.74, 6) is -2.88. The Morgan fingerprint density at radius 1 is 1.07 bits per heavy atom. The zero-order chi connectivity index (χ0) is 21.0. The number of thiophene rings is 1. The number of carbonyl (C=O) groups is 2. The highest BCUT2D eigenvalue weighted by atomic mass is 32.1. The Kier molecular flexibility index (Phi) is 5.93. The van der Waals surface area contributed by atoms with E-state index in [1.807, 2.05) is 0 Å². The third kappa shape index (κ3) is 4.99. The van der Waals surface area contributed by atoms with Crippen LogP contribution in [0.4, 0.5) is 20.2 Å². The van der Waals surface area contributed by atoms with Crippen molar-refractivity contribution in [3.63, 3.8) is 0 Å². The second-order valence-corrected chi connectivity index (χ2v) is 6.80. The van der Waals surface area contributed by atoms with Gasteiger partial charge in [-0.15, -0.1) is 11.3 Å². The first-order valence-electron chi connectivity index (χ1n) is 8.10. The van der Waals surface area contributed by atoms with E-state index in [4.69, 9.17) is 4.74 Å². The zero-order valence-corrected chi connectivity index (χ0v) is 15.4. The summed E-state index contributed by atoms with van der Waals surface area (Å²) in [6.07, 6.45) is 0. The molecule has 0 bridgehead atoms. The lowest BCUT2D eigenvalue weighted by Gasteiger charge is -2.06. The Bertz CT molecular complexity index is 1080. The monoisotopic (exact) mass is 418 g/mol. The van der Waals surface area contributed by atoms with Crippen molar-refractivity contribution in [1.29, 1.82) is 0 Å². The molecule has 1 aromatic heterocycles. The number of nitrogens with one attached hydrogen (secondary N) is 1. The van der Waals surface area contributed by atoms with E-state index in [0.29, 0.717) is 0 Å². The lowest BCUT2D eigenvalue weighted by atomic mass is 10.2. The molecule has 2 aromatic carbocycles. The van der Waals surface area contributed by atoms with Crippen LogP contribution in [0.15, 0.2) is 54.6 Å². The van der Waals surface area contributed by atoms with Crippen LogP contribution in [0.3, 0.4) is 0 Å². The quantitative estimate of drug-likeness (QED) is 0.364. The van der Waals surface area contributed by atoms with Gasteiger partial charge in [0.15, 0.2) is 6.61 Å². The number of esters is 1. The van der Waals surface area contributed by atoms with Crippen molar-refractivity contribution in [1.82, 2.24) is 0 Å². The minimum Gasteiger partial charge on any atom is -0.451 e. The smallest absolute Gasteiger partial charge is 0.348 e. The Hall–Kier alpha value is -3.66. The molecule has 1 amide bonds. The molecule has 0 atom stereocenters. The van der Waals surface area contributed by atoms with Crippen molar-refractivity contribution in [3.8, 4) is 10.4 Å². The standard InChI is InChI=1S/C19H12F2N2O5S/c20-12-3-1-11(2-4-12)16-7-8-17(29-16)19(25)28-10-18(24)22-13-5-6-14(21)15(9-13)23(26)27/h1-9H,10H2,(H,22,24). The van der Waals surface area contributed by atoms with E-state index >= 15 is 0 Å². The van der Waals surface area contributed by atoms with Crippen LogP contribution in [0.25, 0.3) is 10.4 Å². The molecular weight excluding hydrogens is 406 g/mol. The van der Waals surface area contributed by atoms with Gasteiger partial charge < -0.3 is 10.1 Å². The molecule has 3 rings (SSSR count). The molecule has 0 aliphatic carbocycles. The van der Waals surface area contributed by atoms with E-state index in [9.17, 15) is 28.5 Å². The molecule has 148 valence electrons. The van der Waals surface area contributed by atoms with Gasteiger partial charge in [0.1, 0.15) is 10.7 Å². The molecule has 0 unspecified atom stereocenters. The Morgan fingerprint density at radius 2 is 1.79 bits per heavy atom. The van der Waals surface area contributed by atoms with Gasteiger partial charge in [-0.2, -0.15) is 4.39 Å². The highest BCUT2D eigenvalue weighted by Crippen LogP contribution is 2.28. The van der Waals surface area contributed by atoms with Gasteiger partial charge in [0.2, 0.25) is 5.82 Å². The van der Waals surface area contributed by atoms with E-state index in [1.54, 1.807) is 18.2 Å². The highest BCUT2D eigenvalue weighted by Gasteiger charge is 2.17. The van der Waals surface area contributed by atoms with Crippen molar-refractivity contribution in [2.75, 3.05) is 11.9 Å². The van der Waals surface area contributed by atoms with Crippen LogP contribution in [0.1, 0.15) is 9.67 Å². The molecule has 10 heteroatoms. The van der Waals surface area contributed by atoms with Gasteiger partial charge in [-0.25, -0.2) is 9.18 Å². The van der Waals surface area contributed by atoms with Gasteiger partial charge in [0, 0.05) is 16.6 Å². The van der Waals surface area contributed by atoms with Crippen LogP contribution in [0.5, 0.6) is 0 Å². The summed E-state index contributed by atoms with van der Waals surface area (Å²) in [6.45, 7) is -0.631. The summed E-state index contributed by atoms with van der Waals surface area (Å²) in [7, 11) is 0. The molecule has 7 nitrogen and oxygen atoms in total. The van der Waals surface area contributed by atoms with Gasteiger partial charge in [0.25, 0.3) is 5.91 Å². The molecule has 0 aliphatic heterocycles. The second kappa shape index (κ2) is 8.57. The van der Waals surface area contributed by atoms with E-state index < -0.39 is 34.9 Å². The van der Waals surface area contributed by atoms with Crippen molar-refractivity contribution in [2.24, 2.45) is 0 Å². The number of halogens is 2. The van der Waals surface area contributed by atoms with Gasteiger partial charge >= 0.3 is 11.7 Å². The number of rotatable bonds is 6. The van der Waals surface area contributed by atoms with Crippen LogP contribution >= 0.6 is 11.3 Å². The molecule has 0 saturated carbocycles. The maximum atomic E-state index is 13.3. The van der Waals surface area contributed by atoms with Crippen LogP contribution in [-0.2, 0) is 9.53 Å². The number of anilines is 1. The highest BCUT2D eigenvalue weighted by molar-refractivity contribution is 7.17. The van der Waals surface area contributed by atoms with E-state index in [-0.39, 0.29) is 16.4 Å². The molecule has 0 saturated heterocycles. The van der Waals surface area contributed by atoms with Crippen molar-refractivity contribution >= 4 is 34.6 Å². The first-order valence-corrected chi connectivity index (χ1v) is 8.92.